The third kappa shape index (κ3) is 4.70. The molecule has 3 aromatic rings. The van der Waals surface area contributed by atoms with Crippen LogP contribution >= 0.6 is 0 Å². The summed E-state index contributed by atoms with van der Waals surface area (Å²) in [7, 11) is -3.86. The number of aryl methyl sites for hydroxylation is 1. The van der Waals surface area contributed by atoms with Crippen LogP contribution < -0.4 is 19.1 Å². The summed E-state index contributed by atoms with van der Waals surface area (Å²) >= 11 is 0. The molecule has 0 aromatic heterocycles. The Bertz CT molecular complexity index is 1200. The monoisotopic (exact) mass is 452 g/mol. The van der Waals surface area contributed by atoms with Crippen molar-refractivity contribution in [3.63, 3.8) is 0 Å². The van der Waals surface area contributed by atoms with E-state index in [0.717, 1.165) is 11.3 Å². The number of rotatable bonds is 7. The summed E-state index contributed by atoms with van der Waals surface area (Å²) in [4.78, 5) is 12.9. The minimum Gasteiger partial charge on any atom is -0.492 e. The first-order valence-corrected chi connectivity index (χ1v) is 11.7. The van der Waals surface area contributed by atoms with Crippen LogP contribution in [0.15, 0.2) is 83.8 Å². The molecule has 1 aliphatic heterocycles. The van der Waals surface area contributed by atoms with E-state index in [0.29, 0.717) is 11.4 Å². The van der Waals surface area contributed by atoms with Crippen molar-refractivity contribution in [2.24, 2.45) is 0 Å². The number of benzene rings is 3. The number of para-hydroxylation sites is 2. The van der Waals surface area contributed by atoms with Crippen LogP contribution in [0, 0.1) is 6.92 Å². The largest absolute Gasteiger partial charge is 0.492 e. The zero-order chi connectivity index (χ0) is 22.6. The first kappa shape index (κ1) is 21.7. The first-order chi connectivity index (χ1) is 15.4. The van der Waals surface area contributed by atoms with Crippen molar-refractivity contribution in [2.45, 2.75) is 17.9 Å². The Morgan fingerprint density at radius 2 is 1.81 bits per heavy atom. The first-order valence-electron chi connectivity index (χ1n) is 10.3. The van der Waals surface area contributed by atoms with Gasteiger partial charge in [-0.25, -0.2) is 8.42 Å². The number of nitrogens with one attached hydrogen (secondary N) is 1. The number of nitrogens with zero attached hydrogens (tertiary/aromatic N) is 1. The summed E-state index contributed by atoms with van der Waals surface area (Å²) in [5.41, 5.74) is 1.49. The van der Waals surface area contributed by atoms with E-state index in [1.807, 2.05) is 31.2 Å². The highest BCUT2D eigenvalue weighted by atomic mass is 32.2. The van der Waals surface area contributed by atoms with Crippen LogP contribution in [0.4, 0.5) is 5.69 Å². The van der Waals surface area contributed by atoms with Crippen molar-refractivity contribution in [3.8, 4) is 11.5 Å². The molecule has 166 valence electrons. The van der Waals surface area contributed by atoms with Crippen LogP contribution in [0.1, 0.15) is 5.56 Å². The summed E-state index contributed by atoms with van der Waals surface area (Å²) in [5, 5.41) is 2.77. The van der Waals surface area contributed by atoms with Gasteiger partial charge in [0, 0.05) is 0 Å². The van der Waals surface area contributed by atoms with E-state index >= 15 is 0 Å². The van der Waals surface area contributed by atoms with E-state index in [1.165, 1.54) is 16.4 Å². The molecule has 1 amide bonds. The van der Waals surface area contributed by atoms with Crippen LogP contribution in [0.25, 0.3) is 0 Å². The molecule has 0 radical (unpaired) electrons. The lowest BCUT2D eigenvalue weighted by molar-refractivity contribution is -0.127. The Morgan fingerprint density at radius 3 is 2.59 bits per heavy atom. The normalized spacial score (nSPS) is 15.4. The van der Waals surface area contributed by atoms with Gasteiger partial charge in [-0.2, -0.15) is 0 Å². The summed E-state index contributed by atoms with van der Waals surface area (Å²) < 4.78 is 39.3. The molecule has 7 nitrogen and oxygen atoms in total. The molecule has 1 N–H and O–H groups in total. The van der Waals surface area contributed by atoms with E-state index in [2.05, 4.69) is 5.32 Å². The maximum Gasteiger partial charge on any atom is 0.264 e. The van der Waals surface area contributed by atoms with E-state index < -0.39 is 22.0 Å². The van der Waals surface area contributed by atoms with Gasteiger partial charge in [0.15, 0.2) is 6.10 Å². The molecule has 0 fully saturated rings. The van der Waals surface area contributed by atoms with Gasteiger partial charge in [0.2, 0.25) is 0 Å². The Balaban J connectivity index is 1.45. The highest BCUT2D eigenvalue weighted by molar-refractivity contribution is 7.92. The number of amides is 1. The Morgan fingerprint density at radius 1 is 1.06 bits per heavy atom. The zero-order valence-electron chi connectivity index (χ0n) is 17.6. The highest BCUT2D eigenvalue weighted by Gasteiger charge is 2.37. The topological polar surface area (TPSA) is 84.9 Å². The Kier molecular flexibility index (Phi) is 6.32. The molecule has 0 aliphatic carbocycles. The smallest absolute Gasteiger partial charge is 0.264 e. The number of anilines is 1. The van der Waals surface area contributed by atoms with E-state index in [9.17, 15) is 13.2 Å². The van der Waals surface area contributed by atoms with Crippen LogP contribution in [0.2, 0.25) is 0 Å². The quantitative estimate of drug-likeness (QED) is 0.557. The SMILES string of the molecule is Cc1cccc(OCCNC(=O)C2CN(S(=O)(=O)c3ccccc3)c3ccccc3O2)c1. The van der Waals surface area contributed by atoms with Gasteiger partial charge < -0.3 is 14.8 Å². The van der Waals surface area contributed by atoms with Crippen molar-refractivity contribution >= 4 is 21.6 Å². The van der Waals surface area contributed by atoms with E-state index in [1.54, 1.807) is 42.5 Å². The molecule has 8 heteroatoms. The lowest BCUT2D eigenvalue weighted by Crippen LogP contribution is -2.51. The summed E-state index contributed by atoms with van der Waals surface area (Å²) in [6.45, 7) is 2.39. The van der Waals surface area contributed by atoms with Crippen LogP contribution in [0.3, 0.4) is 0 Å². The molecule has 0 spiro atoms. The zero-order valence-corrected chi connectivity index (χ0v) is 18.4. The number of hydrogen-bond donors (Lipinski definition) is 1. The minimum absolute atomic E-state index is 0.126. The molecular weight excluding hydrogens is 428 g/mol. The van der Waals surface area contributed by atoms with Crippen LogP contribution in [-0.2, 0) is 14.8 Å². The van der Waals surface area contributed by atoms with Gasteiger partial charge in [-0.1, -0.05) is 42.5 Å². The van der Waals surface area contributed by atoms with Crippen molar-refractivity contribution in [2.75, 3.05) is 24.0 Å². The second-order valence-electron chi connectivity index (χ2n) is 7.38. The fourth-order valence-electron chi connectivity index (χ4n) is 3.45. The van der Waals surface area contributed by atoms with E-state index in [4.69, 9.17) is 9.47 Å². The molecule has 1 unspecified atom stereocenters. The lowest BCUT2D eigenvalue weighted by Gasteiger charge is -2.34. The number of ether oxygens (including phenoxy) is 2. The third-order valence-corrected chi connectivity index (χ3v) is 6.81. The Labute approximate surface area is 187 Å². The molecule has 0 bridgehead atoms. The number of carbonyl (C=O) groups is 1. The number of fused-ring (bicyclic) bond motifs is 1. The molecule has 1 aliphatic rings. The molecule has 1 atom stereocenters. The van der Waals surface area contributed by atoms with Crippen molar-refractivity contribution in [1.29, 1.82) is 0 Å². The number of hydrogen-bond acceptors (Lipinski definition) is 5. The van der Waals surface area contributed by atoms with Crippen LogP contribution in [-0.4, -0.2) is 40.1 Å². The van der Waals surface area contributed by atoms with Gasteiger partial charge in [0.25, 0.3) is 15.9 Å². The van der Waals surface area contributed by atoms with Gasteiger partial charge >= 0.3 is 0 Å². The van der Waals surface area contributed by atoms with Gasteiger partial charge in [-0.3, -0.25) is 9.10 Å². The van der Waals surface area contributed by atoms with Gasteiger partial charge in [-0.05, 0) is 48.9 Å². The number of carbonyl (C=O) groups excluding carboxylic acids is 1. The molecule has 32 heavy (non-hydrogen) atoms. The van der Waals surface area contributed by atoms with Gasteiger partial charge in [0.05, 0.1) is 23.7 Å². The van der Waals surface area contributed by atoms with Gasteiger partial charge in [0.1, 0.15) is 18.1 Å². The van der Waals surface area contributed by atoms with Crippen molar-refractivity contribution < 1.29 is 22.7 Å². The summed E-state index contributed by atoms with van der Waals surface area (Å²) in [5.74, 6) is 0.664. The average Bonchev–Trinajstić information content (AvgIpc) is 2.81. The minimum atomic E-state index is -3.86. The van der Waals surface area contributed by atoms with Crippen molar-refractivity contribution in [3.05, 3.63) is 84.4 Å². The molecular formula is C24H24N2O5S. The highest BCUT2D eigenvalue weighted by Crippen LogP contribution is 2.36. The number of sulfonamides is 1. The average molecular weight is 453 g/mol. The lowest BCUT2D eigenvalue weighted by atomic mass is 10.2. The van der Waals surface area contributed by atoms with Crippen LogP contribution in [0.5, 0.6) is 11.5 Å². The summed E-state index contributed by atoms with van der Waals surface area (Å²) in [6, 6.07) is 22.6. The second-order valence-corrected chi connectivity index (χ2v) is 9.24. The fourth-order valence-corrected chi connectivity index (χ4v) is 4.95. The summed E-state index contributed by atoms with van der Waals surface area (Å²) in [6.07, 6.45) is -0.984. The molecule has 3 aromatic carbocycles. The maximum absolute atomic E-state index is 13.3. The molecule has 4 rings (SSSR count). The molecule has 0 saturated heterocycles. The molecule has 1 heterocycles. The fraction of sp³-hybridized carbons (Fsp3) is 0.208. The van der Waals surface area contributed by atoms with Crippen molar-refractivity contribution in [1.82, 2.24) is 5.32 Å². The predicted molar refractivity (Wildman–Crippen MR) is 122 cm³/mol. The predicted octanol–water partition coefficient (Wildman–Crippen LogP) is 3.15. The van der Waals surface area contributed by atoms with Gasteiger partial charge in [-0.15, -0.1) is 0 Å². The van der Waals surface area contributed by atoms with E-state index in [-0.39, 0.29) is 24.6 Å². The Hall–Kier alpha value is -3.52. The second kappa shape index (κ2) is 9.32. The maximum atomic E-state index is 13.3. The molecule has 0 saturated carbocycles. The standard InChI is InChI=1S/C24H24N2O5S/c1-18-8-7-9-19(16-18)30-15-14-25-24(27)23-17-26(21-12-5-6-13-22(21)31-23)32(28,29)20-10-3-2-4-11-20/h2-13,16,23H,14-15,17H2,1H3,(H,25,27). The third-order valence-electron chi connectivity index (χ3n) is 5.02.